The van der Waals surface area contributed by atoms with Crippen LogP contribution in [0.25, 0.3) is 11.2 Å². The van der Waals surface area contributed by atoms with Crippen molar-refractivity contribution in [3.8, 4) is 0 Å². The van der Waals surface area contributed by atoms with Crippen LogP contribution in [0.3, 0.4) is 0 Å². The van der Waals surface area contributed by atoms with Gasteiger partial charge in [-0.2, -0.15) is 0 Å². The van der Waals surface area contributed by atoms with Crippen molar-refractivity contribution < 1.29 is 9.53 Å². The van der Waals surface area contributed by atoms with Gasteiger partial charge in [0.05, 0.1) is 12.6 Å². The second kappa shape index (κ2) is 8.84. The molecule has 4 rings (SSSR count). The van der Waals surface area contributed by atoms with E-state index in [9.17, 15) is 4.79 Å². The van der Waals surface area contributed by atoms with Crippen molar-refractivity contribution in [1.82, 2.24) is 25.2 Å². The van der Waals surface area contributed by atoms with Crippen molar-refractivity contribution in [3.05, 3.63) is 60.0 Å². The first-order valence-electron chi connectivity index (χ1n) is 9.77. The maximum absolute atomic E-state index is 12.0. The highest BCUT2D eigenvalue weighted by Crippen LogP contribution is 2.16. The zero-order chi connectivity index (χ0) is 19.2. The van der Waals surface area contributed by atoms with E-state index in [2.05, 4.69) is 32.3 Å². The maximum Gasteiger partial charge on any atom is 0.314 e. The summed E-state index contributed by atoms with van der Waals surface area (Å²) < 4.78 is 7.64. The Morgan fingerprint density at radius 3 is 2.89 bits per heavy atom. The molecule has 2 aromatic heterocycles. The van der Waals surface area contributed by atoms with Gasteiger partial charge in [0.1, 0.15) is 11.3 Å². The number of hydrogen-bond acceptors (Lipinski definition) is 4. The number of pyridine rings is 1. The van der Waals surface area contributed by atoms with Crippen LogP contribution < -0.4 is 10.6 Å². The van der Waals surface area contributed by atoms with Crippen LogP contribution in [-0.2, 0) is 17.7 Å². The number of amides is 2. The molecule has 3 aromatic rings. The summed E-state index contributed by atoms with van der Waals surface area (Å²) in [6.07, 6.45) is 4.64. The third-order valence-corrected chi connectivity index (χ3v) is 4.91. The molecule has 2 N–H and O–H groups in total. The van der Waals surface area contributed by atoms with E-state index in [-0.39, 0.29) is 12.1 Å². The molecule has 7 nitrogen and oxygen atoms in total. The number of nitrogens with zero attached hydrogens (tertiary/aromatic N) is 3. The molecule has 3 heterocycles. The first-order valence-corrected chi connectivity index (χ1v) is 9.77. The first-order chi connectivity index (χ1) is 13.8. The van der Waals surface area contributed by atoms with Crippen LogP contribution in [0.1, 0.15) is 24.2 Å². The van der Waals surface area contributed by atoms with Gasteiger partial charge in [-0.3, -0.25) is 0 Å². The average molecular weight is 379 g/mol. The number of hydrogen-bond donors (Lipinski definition) is 2. The molecular formula is C21H25N5O2. The maximum atomic E-state index is 12.0. The summed E-state index contributed by atoms with van der Waals surface area (Å²) in [7, 11) is 0. The second-order valence-electron chi connectivity index (χ2n) is 6.97. The number of benzene rings is 1. The van der Waals surface area contributed by atoms with E-state index in [1.54, 1.807) is 6.20 Å². The molecule has 1 saturated heterocycles. The molecule has 0 bridgehead atoms. The molecule has 1 atom stereocenters. The molecule has 146 valence electrons. The fraction of sp³-hybridized carbons (Fsp3) is 0.381. The van der Waals surface area contributed by atoms with Crippen molar-refractivity contribution in [2.75, 3.05) is 19.7 Å². The normalized spacial score (nSPS) is 16.4. The summed E-state index contributed by atoms with van der Waals surface area (Å²) in [5.74, 6) is 0.914. The minimum atomic E-state index is -0.167. The Labute approximate surface area is 164 Å². The number of fused-ring (bicyclic) bond motifs is 1. The third-order valence-electron chi connectivity index (χ3n) is 4.91. The van der Waals surface area contributed by atoms with Crippen molar-refractivity contribution >= 4 is 17.2 Å². The molecule has 28 heavy (non-hydrogen) atoms. The molecule has 7 heteroatoms. The summed E-state index contributed by atoms with van der Waals surface area (Å²) in [5, 5.41) is 5.79. The van der Waals surface area contributed by atoms with E-state index in [0.717, 1.165) is 36.4 Å². The fourth-order valence-corrected chi connectivity index (χ4v) is 3.49. The van der Waals surface area contributed by atoms with Crippen LogP contribution in [0.15, 0.2) is 48.7 Å². The predicted octanol–water partition coefficient (Wildman–Crippen LogP) is 2.50. The van der Waals surface area contributed by atoms with E-state index in [1.165, 1.54) is 5.56 Å². The van der Waals surface area contributed by atoms with Crippen molar-refractivity contribution in [2.45, 2.75) is 31.9 Å². The Bertz CT molecular complexity index is 919. The topological polar surface area (TPSA) is 81.1 Å². The fourth-order valence-electron chi connectivity index (χ4n) is 3.49. The number of imidazole rings is 1. The van der Waals surface area contributed by atoms with Crippen LogP contribution in [0.5, 0.6) is 0 Å². The van der Waals surface area contributed by atoms with Crippen molar-refractivity contribution in [3.63, 3.8) is 0 Å². The number of carbonyl (C=O) groups excluding carboxylic acids is 1. The molecule has 1 aliphatic heterocycles. The van der Waals surface area contributed by atoms with Crippen LogP contribution >= 0.6 is 0 Å². The number of aromatic nitrogens is 3. The van der Waals surface area contributed by atoms with Gasteiger partial charge in [-0.1, -0.05) is 30.3 Å². The molecule has 1 fully saturated rings. The zero-order valence-corrected chi connectivity index (χ0v) is 15.8. The Morgan fingerprint density at radius 2 is 2.07 bits per heavy atom. The summed E-state index contributed by atoms with van der Waals surface area (Å²) in [6, 6.07) is 13.9. The second-order valence-corrected chi connectivity index (χ2v) is 6.97. The lowest BCUT2D eigenvalue weighted by molar-refractivity contribution is 0.111. The first kappa shape index (κ1) is 18.4. The standard InChI is InChI=1S/C21H25N5O2/c27-21(24-14-17-8-5-13-28-17)23-12-10-19-25-18-9-4-11-22-20(18)26(19)15-16-6-2-1-3-7-16/h1-4,6-7,9,11,17H,5,8,10,12-15H2,(H2,23,24,27). The van der Waals surface area contributed by atoms with Gasteiger partial charge in [-0.15, -0.1) is 0 Å². The number of ether oxygens (including phenoxy) is 1. The highest BCUT2D eigenvalue weighted by atomic mass is 16.5. The number of carbonyl (C=O) groups is 1. The summed E-state index contributed by atoms with van der Waals surface area (Å²) >= 11 is 0. The molecule has 0 spiro atoms. The minimum absolute atomic E-state index is 0.145. The lowest BCUT2D eigenvalue weighted by Gasteiger charge is -2.12. The van der Waals surface area contributed by atoms with Gasteiger partial charge in [-0.25, -0.2) is 14.8 Å². The molecule has 1 aromatic carbocycles. The van der Waals surface area contributed by atoms with Crippen molar-refractivity contribution in [1.29, 1.82) is 0 Å². The van der Waals surface area contributed by atoms with Crippen molar-refractivity contribution in [2.24, 2.45) is 0 Å². The summed E-state index contributed by atoms with van der Waals surface area (Å²) in [5.41, 5.74) is 2.93. The van der Waals surface area contributed by atoms with Gasteiger partial charge in [0, 0.05) is 32.3 Å². The van der Waals surface area contributed by atoms with E-state index in [0.29, 0.717) is 26.1 Å². The lowest BCUT2D eigenvalue weighted by atomic mass is 10.2. The van der Waals surface area contributed by atoms with Crippen LogP contribution in [0, 0.1) is 0 Å². The number of rotatable bonds is 7. The molecule has 1 unspecified atom stereocenters. The smallest absolute Gasteiger partial charge is 0.314 e. The van der Waals surface area contributed by atoms with Gasteiger partial charge in [0.25, 0.3) is 0 Å². The number of nitrogens with one attached hydrogen (secondary N) is 2. The van der Waals surface area contributed by atoms with Gasteiger partial charge in [-0.05, 0) is 30.5 Å². The Morgan fingerprint density at radius 1 is 1.18 bits per heavy atom. The quantitative estimate of drug-likeness (QED) is 0.661. The van der Waals surface area contributed by atoms with E-state index in [4.69, 9.17) is 9.72 Å². The van der Waals surface area contributed by atoms with Gasteiger partial charge >= 0.3 is 6.03 Å². The van der Waals surface area contributed by atoms with Crippen LogP contribution in [0.4, 0.5) is 4.79 Å². The molecule has 0 saturated carbocycles. The van der Waals surface area contributed by atoms with Gasteiger partial charge < -0.3 is 19.9 Å². The zero-order valence-electron chi connectivity index (χ0n) is 15.8. The average Bonchev–Trinajstić information content (AvgIpc) is 3.36. The molecule has 0 aliphatic carbocycles. The van der Waals surface area contributed by atoms with Crippen LogP contribution in [-0.4, -0.2) is 46.4 Å². The van der Waals surface area contributed by atoms with Gasteiger partial charge in [0.15, 0.2) is 5.65 Å². The molecule has 1 aliphatic rings. The summed E-state index contributed by atoms with van der Waals surface area (Å²) in [6.45, 7) is 2.56. The summed E-state index contributed by atoms with van der Waals surface area (Å²) in [4.78, 5) is 21.2. The Hall–Kier alpha value is -2.93. The monoisotopic (exact) mass is 379 g/mol. The van der Waals surface area contributed by atoms with E-state index in [1.807, 2.05) is 30.3 Å². The van der Waals surface area contributed by atoms with E-state index >= 15 is 0 Å². The largest absolute Gasteiger partial charge is 0.376 e. The van der Waals surface area contributed by atoms with Crippen LogP contribution in [0.2, 0.25) is 0 Å². The minimum Gasteiger partial charge on any atom is -0.376 e. The molecule has 0 radical (unpaired) electrons. The molecule has 2 amide bonds. The molecular weight excluding hydrogens is 354 g/mol. The highest BCUT2D eigenvalue weighted by molar-refractivity contribution is 5.74. The SMILES string of the molecule is O=C(NCCc1nc2cccnc2n1Cc1ccccc1)NCC1CCCO1. The Kier molecular flexibility index (Phi) is 5.82. The highest BCUT2D eigenvalue weighted by Gasteiger charge is 2.16. The lowest BCUT2D eigenvalue weighted by Crippen LogP contribution is -2.40. The Balaban J connectivity index is 1.38. The van der Waals surface area contributed by atoms with Gasteiger partial charge in [0.2, 0.25) is 0 Å². The predicted molar refractivity (Wildman–Crippen MR) is 107 cm³/mol. The van der Waals surface area contributed by atoms with E-state index < -0.39 is 0 Å². The number of urea groups is 1. The third kappa shape index (κ3) is 4.48.